The van der Waals surface area contributed by atoms with Crippen molar-refractivity contribution in [3.05, 3.63) is 28.0 Å². The molecule has 1 aromatic carbocycles. The second-order valence-corrected chi connectivity index (χ2v) is 9.06. The first-order chi connectivity index (χ1) is 15.4. The smallest absolute Gasteiger partial charge is 0.287 e. The number of hydrogen-bond acceptors (Lipinski definition) is 5. The van der Waals surface area contributed by atoms with Crippen molar-refractivity contribution < 1.29 is 14.4 Å². The van der Waals surface area contributed by atoms with E-state index in [1.54, 1.807) is 12.1 Å². The number of aromatic nitrogens is 2. The van der Waals surface area contributed by atoms with E-state index in [4.69, 9.17) is 23.2 Å². The van der Waals surface area contributed by atoms with Crippen molar-refractivity contribution in [2.45, 2.75) is 44.2 Å². The van der Waals surface area contributed by atoms with Crippen molar-refractivity contribution in [2.24, 2.45) is 11.8 Å². The molecule has 1 saturated carbocycles. The molecule has 0 spiro atoms. The van der Waals surface area contributed by atoms with E-state index in [2.05, 4.69) is 25.9 Å². The Kier molecular flexibility index (Phi) is 6.53. The first-order valence-electron chi connectivity index (χ1n) is 10.5. The van der Waals surface area contributed by atoms with Gasteiger partial charge in [-0.05, 0) is 37.3 Å². The van der Waals surface area contributed by atoms with Crippen LogP contribution in [0.1, 0.15) is 42.7 Å². The van der Waals surface area contributed by atoms with Crippen molar-refractivity contribution in [2.75, 3.05) is 6.54 Å². The van der Waals surface area contributed by atoms with Crippen LogP contribution in [0.15, 0.2) is 12.1 Å². The number of H-pyrrole nitrogens is 1. The lowest BCUT2D eigenvalue weighted by atomic mass is 9.98. The molecule has 0 bridgehead atoms. The van der Waals surface area contributed by atoms with Crippen LogP contribution in [-0.2, 0) is 9.59 Å². The zero-order valence-corrected chi connectivity index (χ0v) is 18.6. The number of fused-ring (bicyclic) bond motifs is 1. The predicted octanol–water partition coefficient (Wildman–Crippen LogP) is 2.30. The van der Waals surface area contributed by atoms with Gasteiger partial charge in [0.2, 0.25) is 11.8 Å². The Labute approximate surface area is 194 Å². The molecule has 11 heteroatoms. The number of rotatable bonds is 8. The van der Waals surface area contributed by atoms with Crippen LogP contribution in [-0.4, -0.2) is 46.3 Å². The average molecular weight is 477 g/mol. The van der Waals surface area contributed by atoms with Gasteiger partial charge < -0.3 is 20.9 Å². The Hall–Kier alpha value is -2.83. The summed E-state index contributed by atoms with van der Waals surface area (Å²) >= 11 is 12.3. The second-order valence-electron chi connectivity index (χ2n) is 8.25. The molecule has 2 fully saturated rings. The highest BCUT2D eigenvalue weighted by atomic mass is 35.5. The van der Waals surface area contributed by atoms with Crippen LogP contribution in [0.5, 0.6) is 0 Å². The van der Waals surface area contributed by atoms with Gasteiger partial charge in [0.25, 0.3) is 5.91 Å². The first-order valence-corrected chi connectivity index (χ1v) is 11.2. The molecule has 2 heterocycles. The molecule has 4 N–H and O–H groups in total. The summed E-state index contributed by atoms with van der Waals surface area (Å²) in [6.07, 6.45) is 3.30. The molecule has 1 unspecified atom stereocenters. The van der Waals surface area contributed by atoms with E-state index in [0.29, 0.717) is 46.4 Å². The second kappa shape index (κ2) is 9.35. The summed E-state index contributed by atoms with van der Waals surface area (Å²) in [7, 11) is 0. The predicted molar refractivity (Wildman–Crippen MR) is 118 cm³/mol. The van der Waals surface area contributed by atoms with Gasteiger partial charge in [-0.25, -0.2) is 4.98 Å². The van der Waals surface area contributed by atoms with E-state index in [-0.39, 0.29) is 24.1 Å². The number of carbonyl (C=O) groups excluding carboxylic acids is 3. The molecule has 9 nitrogen and oxygen atoms in total. The maximum atomic E-state index is 12.9. The van der Waals surface area contributed by atoms with Crippen molar-refractivity contribution in [1.29, 1.82) is 5.26 Å². The number of imidazole rings is 1. The van der Waals surface area contributed by atoms with Crippen molar-refractivity contribution in [3.8, 4) is 6.07 Å². The topological polar surface area (TPSA) is 140 Å². The van der Waals surface area contributed by atoms with Gasteiger partial charge >= 0.3 is 0 Å². The highest BCUT2D eigenvalue weighted by Crippen LogP contribution is 2.34. The fourth-order valence-electron chi connectivity index (χ4n) is 3.85. The molecule has 2 aromatic rings. The highest BCUT2D eigenvalue weighted by molar-refractivity contribution is 6.39. The number of carbonyl (C=O) groups is 3. The summed E-state index contributed by atoms with van der Waals surface area (Å²) in [6.45, 7) is 0.571. The third-order valence-electron chi connectivity index (χ3n) is 5.80. The Morgan fingerprint density at radius 2 is 1.94 bits per heavy atom. The summed E-state index contributed by atoms with van der Waals surface area (Å²) in [5, 5.41) is 18.3. The van der Waals surface area contributed by atoms with E-state index >= 15 is 0 Å². The summed E-state index contributed by atoms with van der Waals surface area (Å²) < 4.78 is 0. The van der Waals surface area contributed by atoms with Crippen LogP contribution in [0.25, 0.3) is 11.0 Å². The Bertz CT molecular complexity index is 1070. The van der Waals surface area contributed by atoms with E-state index in [9.17, 15) is 19.6 Å². The fourth-order valence-corrected chi connectivity index (χ4v) is 4.25. The lowest BCUT2D eigenvalue weighted by Crippen LogP contribution is -2.50. The molecule has 2 aliphatic rings. The van der Waals surface area contributed by atoms with Gasteiger partial charge in [-0.1, -0.05) is 36.0 Å². The molecular weight excluding hydrogens is 455 g/mol. The van der Waals surface area contributed by atoms with Gasteiger partial charge in [0, 0.05) is 12.5 Å². The van der Waals surface area contributed by atoms with Crippen LogP contribution in [0, 0.1) is 23.2 Å². The van der Waals surface area contributed by atoms with Crippen LogP contribution in [0.2, 0.25) is 10.0 Å². The Morgan fingerprint density at radius 1 is 1.19 bits per heavy atom. The van der Waals surface area contributed by atoms with Gasteiger partial charge in [-0.15, -0.1) is 0 Å². The minimum Gasteiger partial charge on any atom is -0.356 e. The molecule has 4 rings (SSSR count). The van der Waals surface area contributed by atoms with Crippen molar-refractivity contribution in [3.63, 3.8) is 0 Å². The maximum Gasteiger partial charge on any atom is 0.287 e. The number of nitrogens with one attached hydrogen (secondary N) is 4. The van der Waals surface area contributed by atoms with Gasteiger partial charge in [-0.2, -0.15) is 5.26 Å². The quantitative estimate of drug-likeness (QED) is 0.462. The number of nitriles is 1. The molecule has 32 heavy (non-hydrogen) atoms. The standard InChI is InChI=1S/C21H22Cl2N6O3/c22-13-3-4-14(23)17-16(13)28-18(29-17)21(32)27-15(7-10-1-2-10)20(31)26-12(9-24)8-11-5-6-25-19(11)30/h3-4,10-12,15H,1-2,5-8H2,(H,25,30)(H,26,31)(H,27,32)(H,28,29)/t11-,12-,15?/m0/s1. The molecule has 0 radical (unpaired) electrons. The van der Waals surface area contributed by atoms with Crippen molar-refractivity contribution in [1.82, 2.24) is 25.9 Å². The van der Waals surface area contributed by atoms with Gasteiger partial charge in [-0.3, -0.25) is 14.4 Å². The Balaban J connectivity index is 1.45. The number of nitrogens with zero attached hydrogens (tertiary/aromatic N) is 2. The fraction of sp³-hybridized carbons (Fsp3) is 0.476. The summed E-state index contributed by atoms with van der Waals surface area (Å²) in [5.41, 5.74) is 0.804. The summed E-state index contributed by atoms with van der Waals surface area (Å²) in [6, 6.07) is 3.58. The molecule has 168 valence electrons. The minimum atomic E-state index is -0.831. The largest absolute Gasteiger partial charge is 0.356 e. The first kappa shape index (κ1) is 22.4. The zero-order chi connectivity index (χ0) is 22.8. The maximum absolute atomic E-state index is 12.9. The molecule has 1 saturated heterocycles. The number of aromatic amines is 1. The normalized spacial score (nSPS) is 19.8. The van der Waals surface area contributed by atoms with Crippen LogP contribution in [0.3, 0.4) is 0 Å². The van der Waals surface area contributed by atoms with E-state index in [0.717, 1.165) is 12.8 Å². The summed E-state index contributed by atoms with van der Waals surface area (Å²) in [4.78, 5) is 44.6. The van der Waals surface area contributed by atoms with Crippen molar-refractivity contribution >= 4 is 52.0 Å². The molecular formula is C21H22Cl2N6O3. The average Bonchev–Trinajstić information content (AvgIpc) is 3.31. The molecule has 1 aliphatic heterocycles. The van der Waals surface area contributed by atoms with Crippen LogP contribution in [0.4, 0.5) is 0 Å². The molecule has 1 aromatic heterocycles. The van der Waals surface area contributed by atoms with Gasteiger partial charge in [0.1, 0.15) is 17.6 Å². The van der Waals surface area contributed by atoms with Crippen LogP contribution < -0.4 is 16.0 Å². The number of amides is 3. The van der Waals surface area contributed by atoms with Gasteiger partial charge in [0.05, 0.1) is 21.6 Å². The molecule has 3 amide bonds. The third-order valence-corrected chi connectivity index (χ3v) is 6.42. The minimum absolute atomic E-state index is 0.0111. The number of hydrogen-bond donors (Lipinski definition) is 4. The van der Waals surface area contributed by atoms with E-state index < -0.39 is 23.9 Å². The SMILES string of the molecule is N#C[C@H](C[C@@H]1CCNC1=O)NC(=O)C(CC1CC1)NC(=O)c1nc2c(Cl)ccc(Cl)c2[nH]1. The lowest BCUT2D eigenvalue weighted by Gasteiger charge is -2.21. The molecule has 3 atom stereocenters. The number of halogens is 2. The Morgan fingerprint density at radius 3 is 2.56 bits per heavy atom. The highest BCUT2D eigenvalue weighted by Gasteiger charge is 2.33. The summed E-state index contributed by atoms with van der Waals surface area (Å²) in [5.74, 6) is -1.11. The third kappa shape index (κ3) is 4.97. The molecule has 1 aliphatic carbocycles. The lowest BCUT2D eigenvalue weighted by molar-refractivity contribution is -0.125. The monoisotopic (exact) mass is 476 g/mol. The van der Waals surface area contributed by atoms with Crippen LogP contribution >= 0.6 is 23.2 Å². The number of benzene rings is 1. The van der Waals surface area contributed by atoms with E-state index in [1.165, 1.54) is 0 Å². The van der Waals surface area contributed by atoms with E-state index in [1.807, 2.05) is 6.07 Å². The van der Waals surface area contributed by atoms with Gasteiger partial charge in [0.15, 0.2) is 5.82 Å². The zero-order valence-electron chi connectivity index (χ0n) is 17.1.